The molecule has 0 spiro atoms. The minimum absolute atomic E-state index is 0. The van der Waals surface area contributed by atoms with Crippen molar-refractivity contribution in [3.8, 4) is 0 Å². The van der Waals surface area contributed by atoms with Gasteiger partial charge in [0.2, 0.25) is 0 Å². The van der Waals surface area contributed by atoms with E-state index in [0.29, 0.717) is 0 Å². The van der Waals surface area contributed by atoms with Crippen molar-refractivity contribution < 1.29 is 205 Å². The topological polar surface area (TPSA) is 434 Å². The predicted molar refractivity (Wildman–Crippen MR) is 41.1 cm³/mol. The van der Waals surface area contributed by atoms with E-state index < -0.39 is 29.3 Å². The van der Waals surface area contributed by atoms with Gasteiger partial charge in [0.1, 0.15) is 0 Å². The molecule has 0 aromatic carbocycles. The van der Waals surface area contributed by atoms with Gasteiger partial charge in [0, 0.05) is 0 Å². The van der Waals surface area contributed by atoms with E-state index >= 15 is 0 Å². The Labute approximate surface area is 231 Å². The average Bonchev–Trinajstić information content (AvgIpc) is 1.76. The normalized spacial score (nSPS) is 4.00. The van der Waals surface area contributed by atoms with E-state index in [1.54, 1.807) is 0 Å². The molecule has 0 rings (SSSR count). The summed E-state index contributed by atoms with van der Waals surface area (Å²) in [6.45, 7) is 0. The Morgan fingerprint density at radius 2 is 0.222 bits per heavy atom. The molecule has 0 unspecified atom stereocenters. The van der Waals surface area contributed by atoms with E-state index in [9.17, 15) is 0 Å². The van der Waals surface area contributed by atoms with Gasteiger partial charge in [-0.1, -0.05) is 0 Å². The summed E-state index contributed by atoms with van der Waals surface area (Å²) in [5.74, 6) is 0. The van der Waals surface area contributed by atoms with Crippen LogP contribution in [0.3, 0.4) is 0 Å². The third kappa shape index (κ3) is 1990. The molecule has 17 nitrogen and oxygen atoms in total. The molecule has 0 aliphatic heterocycles. The SMILES string of the molecule is O.O.O.O.O.[O-]B([O-])[O-].[O-]B([O-])[O-].[O-]B([O-])[O-].[O-]B([O-])[O-].[Zn+2].[Zn+2].[Zn+2].[Zn+2].[Zn+2].[Zn+2]. The van der Waals surface area contributed by atoms with Gasteiger partial charge in [0.05, 0.1) is 0 Å². The molecule has 0 bridgehead atoms. The monoisotopic (exact) mass is 710 g/mol. The van der Waals surface area contributed by atoms with E-state index in [1.165, 1.54) is 0 Å². The zero-order valence-corrected chi connectivity index (χ0v) is 31.8. The van der Waals surface area contributed by atoms with Crippen molar-refractivity contribution in [2.75, 3.05) is 0 Å². The third-order valence-electron chi connectivity index (χ3n) is 0. The summed E-state index contributed by atoms with van der Waals surface area (Å²) in [5, 5.41) is 101. The van der Waals surface area contributed by atoms with Gasteiger partial charge in [-0.05, 0) is 0 Å². The van der Waals surface area contributed by atoms with Crippen molar-refractivity contribution in [1.29, 1.82) is 0 Å². The Hall–Kier alpha value is 3.32. The number of hydrogen-bond donors (Lipinski definition) is 0. The maximum atomic E-state index is 8.42. The second-order valence-corrected chi connectivity index (χ2v) is 1.15. The summed E-state index contributed by atoms with van der Waals surface area (Å²) in [6.07, 6.45) is 0. The Bertz CT molecular complexity index is 78.4. The van der Waals surface area contributed by atoms with Crippen LogP contribution in [0.15, 0.2) is 0 Å². The number of rotatable bonds is 0. The predicted octanol–water partition coefficient (Wildman–Crippen LogP) is -19.9. The molecule has 27 heavy (non-hydrogen) atoms. The molecule has 0 saturated carbocycles. The standard InChI is InChI=1S/4BO3.5H2O.6Zn/c4*2-1(3)4;;;;;;;;;;;/h;;;;5*1H2;;;;;;/q4*-3;;;;;;6*+2. The van der Waals surface area contributed by atoms with Gasteiger partial charge in [-0.25, -0.2) is 0 Å². The van der Waals surface area contributed by atoms with Gasteiger partial charge in [-0.3, -0.25) is 29.3 Å². The van der Waals surface area contributed by atoms with E-state index in [0.717, 1.165) is 0 Å². The van der Waals surface area contributed by atoms with Crippen LogP contribution in [0, 0.1) is 0 Å². The van der Waals surface area contributed by atoms with Crippen molar-refractivity contribution >= 4 is 29.3 Å². The first-order valence-corrected chi connectivity index (χ1v) is 2.83. The van der Waals surface area contributed by atoms with Gasteiger partial charge in [-0.15, -0.1) is 0 Å². The van der Waals surface area contributed by atoms with Crippen LogP contribution >= 0.6 is 0 Å². The van der Waals surface area contributed by atoms with Crippen LogP contribution in [0.5, 0.6) is 0 Å². The van der Waals surface area contributed by atoms with E-state index in [-0.39, 0.29) is 144 Å². The van der Waals surface area contributed by atoms with Crippen LogP contribution in [-0.2, 0) is 117 Å². The molecule has 0 saturated heterocycles. The smallest absolute Gasteiger partial charge is 0.907 e. The molecule has 0 heterocycles. The molecule has 136 valence electrons. The van der Waals surface area contributed by atoms with Crippen LogP contribution in [0.2, 0.25) is 0 Å². The third-order valence-corrected chi connectivity index (χ3v) is 0. The van der Waals surface area contributed by atoms with Crippen LogP contribution in [0.25, 0.3) is 0 Å². The van der Waals surface area contributed by atoms with Gasteiger partial charge in [-0.2, -0.15) is 0 Å². The molecule has 0 aromatic heterocycles. The molecule has 0 aliphatic carbocycles. The van der Waals surface area contributed by atoms with E-state index in [1.807, 2.05) is 0 Å². The van der Waals surface area contributed by atoms with Crippen molar-refractivity contribution in [2.24, 2.45) is 0 Å². The first kappa shape index (κ1) is 111. The van der Waals surface area contributed by atoms with Crippen LogP contribution < -0.4 is 60.3 Å². The van der Waals surface area contributed by atoms with E-state index in [2.05, 4.69) is 0 Å². The molecule has 0 amide bonds. The minimum Gasteiger partial charge on any atom is -0.907 e. The summed E-state index contributed by atoms with van der Waals surface area (Å²) in [4.78, 5) is 0. The van der Waals surface area contributed by atoms with Crippen molar-refractivity contribution in [3.05, 3.63) is 0 Å². The molecule has 0 radical (unpaired) electrons. The zero-order chi connectivity index (χ0) is 14.3. The maximum absolute atomic E-state index is 8.42. The summed E-state index contributed by atoms with van der Waals surface area (Å²) in [5.41, 5.74) is 0. The Morgan fingerprint density at radius 3 is 0.222 bits per heavy atom. The molecular formula is H10B4O17Zn6. The van der Waals surface area contributed by atoms with Crippen LogP contribution in [0.1, 0.15) is 0 Å². The second-order valence-electron chi connectivity index (χ2n) is 1.15. The Morgan fingerprint density at radius 1 is 0.222 bits per heavy atom. The first-order chi connectivity index (χ1) is 6.93. The van der Waals surface area contributed by atoms with Gasteiger partial charge in [0.15, 0.2) is 0 Å². The second kappa shape index (κ2) is 100. The Balaban J connectivity index is -0.00000000482. The molecule has 27 heteroatoms. The molecule has 0 aliphatic rings. The molecule has 0 fully saturated rings. The van der Waals surface area contributed by atoms with Crippen LogP contribution in [0.4, 0.5) is 0 Å². The number of hydrogen-bond acceptors (Lipinski definition) is 12. The van der Waals surface area contributed by atoms with Crippen LogP contribution in [-0.4, -0.2) is 56.7 Å². The summed E-state index contributed by atoms with van der Waals surface area (Å²) in [6, 6.07) is 0. The maximum Gasteiger partial charge on any atom is 2.00 e. The first-order valence-electron chi connectivity index (χ1n) is 2.83. The summed E-state index contributed by atoms with van der Waals surface area (Å²) >= 11 is 0. The van der Waals surface area contributed by atoms with Gasteiger partial charge >= 0.3 is 117 Å². The van der Waals surface area contributed by atoms with Crippen molar-refractivity contribution in [3.63, 3.8) is 0 Å². The zero-order valence-electron chi connectivity index (χ0n) is 14.0. The fourth-order valence-electron chi connectivity index (χ4n) is 0. The Kier molecular flexibility index (Phi) is 412. The molecular weight excluding hydrogens is 708 g/mol. The van der Waals surface area contributed by atoms with Crippen molar-refractivity contribution in [2.45, 2.75) is 0 Å². The summed E-state index contributed by atoms with van der Waals surface area (Å²) < 4.78 is 0. The fourth-order valence-corrected chi connectivity index (χ4v) is 0. The molecule has 0 aromatic rings. The van der Waals surface area contributed by atoms with E-state index in [4.69, 9.17) is 60.3 Å². The quantitative estimate of drug-likeness (QED) is 0.211. The van der Waals surface area contributed by atoms with Gasteiger partial charge < -0.3 is 87.7 Å². The summed E-state index contributed by atoms with van der Waals surface area (Å²) in [7, 11) is -11.7. The van der Waals surface area contributed by atoms with Crippen molar-refractivity contribution in [1.82, 2.24) is 0 Å². The molecule has 10 N–H and O–H groups in total. The molecule has 0 atom stereocenters. The minimum atomic E-state index is -2.92. The van der Waals surface area contributed by atoms with Gasteiger partial charge in [0.25, 0.3) is 0 Å². The largest absolute Gasteiger partial charge is 2.00 e. The average molecular weight is 718 g/mol. The fraction of sp³-hybridized carbons (Fsp3) is 0.